The molecule has 1 aliphatic heterocycles. The molecular weight excluding hydrogens is 260 g/mol. The van der Waals surface area contributed by atoms with Gasteiger partial charge in [0.2, 0.25) is 5.91 Å². The van der Waals surface area contributed by atoms with E-state index in [0.717, 1.165) is 37.2 Å². The van der Waals surface area contributed by atoms with Gasteiger partial charge in [0.1, 0.15) is 0 Å². The molecule has 2 aromatic rings. The monoisotopic (exact) mass is 278 g/mol. The summed E-state index contributed by atoms with van der Waals surface area (Å²) >= 11 is 0. The Balaban J connectivity index is 1.56. The number of nitrogens with one attached hydrogen (secondary N) is 2. The van der Waals surface area contributed by atoms with Crippen LogP contribution in [0.25, 0.3) is 0 Å². The standard InChI is InChI=1S/C18H18N2O/c21-18(15-11-12-5-1-2-6-13(12)15)20-17-9-3-8-16-14(17)7-4-10-19-16/h1-3,5-6,8-9,15,19H,4,7,10-11H2,(H,20,21). The molecule has 1 unspecified atom stereocenters. The Hall–Kier alpha value is -2.29. The maximum absolute atomic E-state index is 12.5. The molecule has 0 radical (unpaired) electrons. The van der Waals surface area contributed by atoms with E-state index in [-0.39, 0.29) is 11.8 Å². The van der Waals surface area contributed by atoms with Crippen LogP contribution in [-0.4, -0.2) is 12.5 Å². The van der Waals surface area contributed by atoms with Crippen LogP contribution < -0.4 is 10.6 Å². The molecule has 1 atom stereocenters. The van der Waals surface area contributed by atoms with Gasteiger partial charge in [-0.1, -0.05) is 30.3 Å². The van der Waals surface area contributed by atoms with Gasteiger partial charge < -0.3 is 10.6 Å². The van der Waals surface area contributed by atoms with Crippen molar-refractivity contribution in [2.75, 3.05) is 17.2 Å². The van der Waals surface area contributed by atoms with Crippen LogP contribution in [0.3, 0.4) is 0 Å². The first-order valence-electron chi connectivity index (χ1n) is 7.57. The molecule has 1 amide bonds. The minimum Gasteiger partial charge on any atom is -0.385 e. The summed E-state index contributed by atoms with van der Waals surface area (Å²) in [6.45, 7) is 1.01. The summed E-state index contributed by atoms with van der Waals surface area (Å²) in [5.41, 5.74) is 5.85. The zero-order valence-electron chi connectivity index (χ0n) is 11.9. The number of benzene rings is 2. The highest BCUT2D eigenvalue weighted by atomic mass is 16.1. The number of carbonyl (C=O) groups excluding carboxylic acids is 1. The minimum atomic E-state index is 0.00797. The van der Waals surface area contributed by atoms with Crippen molar-refractivity contribution in [2.24, 2.45) is 0 Å². The Bertz CT molecular complexity index is 708. The van der Waals surface area contributed by atoms with E-state index in [1.54, 1.807) is 0 Å². The Labute approximate surface area is 124 Å². The molecule has 3 nitrogen and oxygen atoms in total. The van der Waals surface area contributed by atoms with E-state index < -0.39 is 0 Å². The van der Waals surface area contributed by atoms with Crippen LogP contribution in [0.15, 0.2) is 42.5 Å². The van der Waals surface area contributed by atoms with Crippen LogP contribution in [0.1, 0.15) is 29.0 Å². The molecule has 2 aliphatic rings. The predicted octanol–water partition coefficient (Wildman–Crippen LogP) is 3.32. The number of hydrogen-bond donors (Lipinski definition) is 2. The Morgan fingerprint density at radius 3 is 2.95 bits per heavy atom. The highest BCUT2D eigenvalue weighted by Crippen LogP contribution is 2.36. The molecule has 21 heavy (non-hydrogen) atoms. The summed E-state index contributed by atoms with van der Waals surface area (Å²) in [5.74, 6) is 0.126. The molecule has 2 N–H and O–H groups in total. The number of anilines is 2. The molecule has 2 aromatic carbocycles. The van der Waals surface area contributed by atoms with E-state index in [2.05, 4.69) is 28.8 Å². The summed E-state index contributed by atoms with van der Waals surface area (Å²) < 4.78 is 0. The van der Waals surface area contributed by atoms with Gasteiger partial charge in [-0.25, -0.2) is 0 Å². The van der Waals surface area contributed by atoms with Crippen molar-refractivity contribution in [3.8, 4) is 0 Å². The summed E-state index contributed by atoms with van der Waals surface area (Å²) in [6.07, 6.45) is 3.00. The van der Waals surface area contributed by atoms with Gasteiger partial charge in [-0.05, 0) is 48.1 Å². The van der Waals surface area contributed by atoms with E-state index in [9.17, 15) is 4.79 Å². The molecule has 0 bridgehead atoms. The summed E-state index contributed by atoms with van der Waals surface area (Å²) in [5, 5.41) is 6.53. The van der Waals surface area contributed by atoms with Gasteiger partial charge in [0.15, 0.2) is 0 Å². The van der Waals surface area contributed by atoms with E-state index in [1.807, 2.05) is 24.3 Å². The van der Waals surface area contributed by atoms with Gasteiger partial charge in [-0.2, -0.15) is 0 Å². The van der Waals surface area contributed by atoms with Gasteiger partial charge in [0.05, 0.1) is 5.92 Å². The maximum Gasteiger partial charge on any atom is 0.232 e. The molecule has 0 saturated heterocycles. The molecule has 0 saturated carbocycles. The fourth-order valence-corrected chi connectivity index (χ4v) is 3.34. The third-order valence-corrected chi connectivity index (χ3v) is 4.52. The molecule has 1 aliphatic carbocycles. The number of fused-ring (bicyclic) bond motifs is 2. The second kappa shape index (κ2) is 4.92. The molecule has 0 fully saturated rings. The molecule has 1 heterocycles. The van der Waals surface area contributed by atoms with E-state index in [4.69, 9.17) is 0 Å². The first-order chi connectivity index (χ1) is 10.3. The van der Waals surface area contributed by atoms with Crippen molar-refractivity contribution in [3.63, 3.8) is 0 Å². The van der Waals surface area contributed by atoms with Crippen molar-refractivity contribution >= 4 is 17.3 Å². The Morgan fingerprint density at radius 1 is 1.14 bits per heavy atom. The number of rotatable bonds is 2. The third-order valence-electron chi connectivity index (χ3n) is 4.52. The lowest BCUT2D eigenvalue weighted by atomic mass is 9.77. The summed E-state index contributed by atoms with van der Waals surface area (Å²) in [6, 6.07) is 14.3. The van der Waals surface area contributed by atoms with E-state index in [0.29, 0.717) is 0 Å². The third kappa shape index (κ3) is 2.09. The predicted molar refractivity (Wildman–Crippen MR) is 84.8 cm³/mol. The second-order valence-corrected chi connectivity index (χ2v) is 5.81. The van der Waals surface area contributed by atoms with Crippen LogP contribution in [-0.2, 0) is 17.6 Å². The van der Waals surface area contributed by atoms with Crippen molar-refractivity contribution in [3.05, 3.63) is 59.2 Å². The van der Waals surface area contributed by atoms with E-state index >= 15 is 0 Å². The van der Waals surface area contributed by atoms with Crippen molar-refractivity contribution in [1.29, 1.82) is 0 Å². The lowest BCUT2D eigenvalue weighted by molar-refractivity contribution is -0.118. The van der Waals surface area contributed by atoms with Gasteiger partial charge in [-0.3, -0.25) is 4.79 Å². The van der Waals surface area contributed by atoms with Crippen LogP contribution in [0.2, 0.25) is 0 Å². The SMILES string of the molecule is O=C(Nc1cccc2c1CCCN2)C1Cc2ccccc21. The number of carbonyl (C=O) groups is 1. The average molecular weight is 278 g/mol. The maximum atomic E-state index is 12.5. The highest BCUT2D eigenvalue weighted by Gasteiger charge is 2.32. The van der Waals surface area contributed by atoms with Gasteiger partial charge in [0, 0.05) is 17.9 Å². The zero-order chi connectivity index (χ0) is 14.2. The Kier molecular flexibility index (Phi) is 2.92. The van der Waals surface area contributed by atoms with Gasteiger partial charge in [-0.15, -0.1) is 0 Å². The molecule has 0 spiro atoms. The first-order valence-corrected chi connectivity index (χ1v) is 7.57. The fourth-order valence-electron chi connectivity index (χ4n) is 3.34. The largest absolute Gasteiger partial charge is 0.385 e. The van der Waals surface area contributed by atoms with Crippen LogP contribution in [0, 0.1) is 0 Å². The van der Waals surface area contributed by atoms with Gasteiger partial charge >= 0.3 is 0 Å². The van der Waals surface area contributed by atoms with Crippen molar-refractivity contribution < 1.29 is 4.79 Å². The van der Waals surface area contributed by atoms with Crippen molar-refractivity contribution in [1.82, 2.24) is 0 Å². The van der Waals surface area contributed by atoms with Crippen molar-refractivity contribution in [2.45, 2.75) is 25.2 Å². The molecule has 4 rings (SSSR count). The van der Waals surface area contributed by atoms with Crippen LogP contribution in [0.5, 0.6) is 0 Å². The topological polar surface area (TPSA) is 41.1 Å². The zero-order valence-corrected chi connectivity index (χ0v) is 11.9. The normalized spacial score (nSPS) is 18.8. The molecule has 3 heteroatoms. The molecule has 0 aromatic heterocycles. The summed E-state index contributed by atoms with van der Waals surface area (Å²) in [4.78, 5) is 12.5. The lowest BCUT2D eigenvalue weighted by Crippen LogP contribution is -2.30. The van der Waals surface area contributed by atoms with Crippen LogP contribution in [0.4, 0.5) is 11.4 Å². The van der Waals surface area contributed by atoms with E-state index in [1.165, 1.54) is 16.7 Å². The Morgan fingerprint density at radius 2 is 2.05 bits per heavy atom. The molecule has 106 valence electrons. The van der Waals surface area contributed by atoms with Gasteiger partial charge in [0.25, 0.3) is 0 Å². The minimum absolute atomic E-state index is 0.00797. The lowest BCUT2D eigenvalue weighted by Gasteiger charge is -2.29. The highest BCUT2D eigenvalue weighted by molar-refractivity contribution is 5.99. The first kappa shape index (κ1) is 12.5. The molecular formula is C18H18N2O. The fraction of sp³-hybridized carbons (Fsp3) is 0.278. The second-order valence-electron chi connectivity index (χ2n) is 5.81. The number of amides is 1. The van der Waals surface area contributed by atoms with Crippen LogP contribution >= 0.6 is 0 Å². The average Bonchev–Trinajstić information content (AvgIpc) is 2.49. The number of hydrogen-bond acceptors (Lipinski definition) is 2. The smallest absolute Gasteiger partial charge is 0.232 e. The summed E-state index contributed by atoms with van der Waals surface area (Å²) in [7, 11) is 0. The quantitative estimate of drug-likeness (QED) is 0.884.